The molecule has 0 heterocycles. The second-order valence-electron chi connectivity index (χ2n) is 3.00. The van der Waals surface area contributed by atoms with E-state index >= 15 is 0 Å². The molecule has 1 aliphatic rings. The van der Waals surface area contributed by atoms with Gasteiger partial charge in [-0.05, 0) is 12.5 Å². The first-order valence-corrected chi connectivity index (χ1v) is 4.88. The van der Waals surface area contributed by atoms with E-state index in [0.29, 0.717) is 4.48 Å². The number of halogens is 4. The first kappa shape index (κ1) is 12.3. The predicted molar refractivity (Wildman–Crippen MR) is 51.3 cm³/mol. The van der Waals surface area contributed by atoms with Crippen molar-refractivity contribution in [1.82, 2.24) is 0 Å². The van der Waals surface area contributed by atoms with Gasteiger partial charge in [-0.3, -0.25) is 4.79 Å². The third-order valence-electron chi connectivity index (χ3n) is 2.03. The van der Waals surface area contributed by atoms with Crippen LogP contribution >= 0.6 is 15.9 Å². The van der Waals surface area contributed by atoms with Crippen LogP contribution in [0, 0.1) is 5.92 Å². The lowest BCUT2D eigenvalue weighted by molar-refractivity contribution is -0.149. The zero-order valence-corrected chi connectivity index (χ0v) is 9.35. The summed E-state index contributed by atoms with van der Waals surface area (Å²) in [6.45, 7) is 0. The molecule has 0 amide bonds. The number of methoxy groups -OCH3 is 1. The third kappa shape index (κ3) is 2.84. The van der Waals surface area contributed by atoms with Crippen molar-refractivity contribution in [1.29, 1.82) is 0 Å². The van der Waals surface area contributed by atoms with Crippen LogP contribution in [0.3, 0.4) is 0 Å². The summed E-state index contributed by atoms with van der Waals surface area (Å²) in [5.74, 6) is -2.12. The fourth-order valence-electron chi connectivity index (χ4n) is 1.31. The van der Waals surface area contributed by atoms with Gasteiger partial charge in [0.25, 0.3) is 0 Å². The highest BCUT2D eigenvalue weighted by Gasteiger charge is 2.42. The van der Waals surface area contributed by atoms with Gasteiger partial charge in [-0.1, -0.05) is 22.0 Å². The van der Waals surface area contributed by atoms with E-state index in [2.05, 4.69) is 20.7 Å². The third-order valence-corrected chi connectivity index (χ3v) is 2.58. The van der Waals surface area contributed by atoms with Crippen molar-refractivity contribution < 1.29 is 22.7 Å². The number of carbonyl (C=O) groups excluding carboxylic acids is 1. The number of esters is 1. The van der Waals surface area contributed by atoms with Crippen molar-refractivity contribution in [3.63, 3.8) is 0 Å². The first-order chi connectivity index (χ1) is 6.86. The summed E-state index contributed by atoms with van der Waals surface area (Å²) in [6.07, 6.45) is -2.09. The summed E-state index contributed by atoms with van der Waals surface area (Å²) in [7, 11) is 1.07. The monoisotopic (exact) mass is 284 g/mol. The quantitative estimate of drug-likeness (QED) is 0.692. The lowest BCUT2D eigenvalue weighted by atomic mass is 9.91. The van der Waals surface area contributed by atoms with Gasteiger partial charge in [0.1, 0.15) is 0 Å². The number of hydrogen-bond donors (Lipinski definition) is 0. The highest BCUT2D eigenvalue weighted by molar-refractivity contribution is 9.11. The molecule has 0 aromatic rings. The van der Waals surface area contributed by atoms with Crippen molar-refractivity contribution in [3.8, 4) is 0 Å². The largest absolute Gasteiger partial charge is 0.469 e. The van der Waals surface area contributed by atoms with Gasteiger partial charge >= 0.3 is 12.1 Å². The molecule has 1 unspecified atom stereocenters. The molecule has 0 N–H and O–H groups in total. The second-order valence-corrected chi connectivity index (χ2v) is 3.91. The minimum atomic E-state index is -4.51. The molecule has 1 rings (SSSR count). The van der Waals surface area contributed by atoms with Crippen LogP contribution in [0.5, 0.6) is 0 Å². The van der Waals surface area contributed by atoms with E-state index in [1.54, 1.807) is 0 Å². The Bertz CT molecular complexity index is 331. The number of allylic oxidation sites excluding steroid dienone is 3. The number of rotatable bonds is 1. The van der Waals surface area contributed by atoms with E-state index in [9.17, 15) is 18.0 Å². The molecule has 0 spiro atoms. The lowest BCUT2D eigenvalue weighted by Gasteiger charge is -2.22. The Balaban J connectivity index is 3.03. The van der Waals surface area contributed by atoms with Gasteiger partial charge in [0.05, 0.1) is 13.0 Å². The molecule has 2 nitrogen and oxygen atoms in total. The molecule has 6 heteroatoms. The molecule has 0 aromatic heterocycles. The summed E-state index contributed by atoms with van der Waals surface area (Å²) in [5.41, 5.74) is -0.872. The molecule has 0 aliphatic heterocycles. The molecule has 84 valence electrons. The molecule has 1 aliphatic carbocycles. The molecule has 0 aromatic carbocycles. The average Bonchev–Trinajstić information content (AvgIpc) is 2.15. The van der Waals surface area contributed by atoms with Crippen molar-refractivity contribution in [3.05, 3.63) is 22.2 Å². The highest BCUT2D eigenvalue weighted by Crippen LogP contribution is 2.38. The van der Waals surface area contributed by atoms with E-state index in [4.69, 9.17) is 0 Å². The van der Waals surface area contributed by atoms with Crippen molar-refractivity contribution in [2.75, 3.05) is 7.11 Å². The van der Waals surface area contributed by atoms with Gasteiger partial charge in [-0.25, -0.2) is 0 Å². The molecular formula is C9H8BrF3O2. The molecule has 0 saturated carbocycles. The van der Waals surface area contributed by atoms with Crippen LogP contribution in [0.25, 0.3) is 0 Å². The SMILES string of the molecule is COC(=O)C1CC=C(Br)C=C1C(F)(F)F. The summed E-state index contributed by atoms with van der Waals surface area (Å²) in [6, 6.07) is 0. The molecule has 0 bridgehead atoms. The minimum absolute atomic E-state index is 0.00139. The lowest BCUT2D eigenvalue weighted by Crippen LogP contribution is -2.28. The Kier molecular flexibility index (Phi) is 3.59. The van der Waals surface area contributed by atoms with Gasteiger partial charge < -0.3 is 4.74 Å². The standard InChI is InChI=1S/C9H8BrF3O2/c1-15-8(14)6-3-2-5(10)4-7(6)9(11,12)13/h2,4,6H,3H2,1H3. The molecule has 0 saturated heterocycles. The van der Waals surface area contributed by atoms with E-state index in [0.717, 1.165) is 13.2 Å². The zero-order chi connectivity index (χ0) is 11.6. The fraction of sp³-hybridized carbons (Fsp3) is 0.444. The van der Waals surface area contributed by atoms with Crippen LogP contribution < -0.4 is 0 Å². The summed E-state index contributed by atoms with van der Waals surface area (Å²) < 4.78 is 42.3. The van der Waals surface area contributed by atoms with E-state index < -0.39 is 23.6 Å². The maximum absolute atomic E-state index is 12.5. The van der Waals surface area contributed by atoms with Gasteiger partial charge in [-0.15, -0.1) is 0 Å². The second kappa shape index (κ2) is 4.38. The predicted octanol–water partition coefficient (Wildman–Crippen LogP) is 2.95. The molecule has 0 fully saturated rings. The van der Waals surface area contributed by atoms with Crippen molar-refractivity contribution in [2.45, 2.75) is 12.6 Å². The molecule has 0 radical (unpaired) electrons. The van der Waals surface area contributed by atoms with E-state index in [1.807, 2.05) is 0 Å². The van der Waals surface area contributed by atoms with Crippen LogP contribution in [0.4, 0.5) is 13.2 Å². The zero-order valence-electron chi connectivity index (χ0n) is 7.77. The minimum Gasteiger partial charge on any atom is -0.469 e. The Hall–Kier alpha value is -0.780. The normalized spacial score (nSPS) is 21.8. The van der Waals surface area contributed by atoms with Gasteiger partial charge in [0.2, 0.25) is 0 Å². The Morgan fingerprint density at radius 3 is 2.67 bits per heavy atom. The number of carbonyl (C=O) groups is 1. The fourth-order valence-corrected chi connectivity index (χ4v) is 1.74. The van der Waals surface area contributed by atoms with Crippen LogP contribution in [-0.2, 0) is 9.53 Å². The van der Waals surface area contributed by atoms with Crippen LogP contribution in [-0.4, -0.2) is 19.3 Å². The maximum Gasteiger partial charge on any atom is 0.413 e. The maximum atomic E-state index is 12.5. The Morgan fingerprint density at radius 2 is 2.20 bits per heavy atom. The van der Waals surface area contributed by atoms with Crippen molar-refractivity contribution in [2.24, 2.45) is 5.92 Å². The first-order valence-electron chi connectivity index (χ1n) is 4.08. The van der Waals surface area contributed by atoms with Gasteiger partial charge in [-0.2, -0.15) is 13.2 Å². The average molecular weight is 285 g/mol. The topological polar surface area (TPSA) is 26.3 Å². The summed E-state index contributed by atoms with van der Waals surface area (Å²) in [5, 5.41) is 0. The smallest absolute Gasteiger partial charge is 0.413 e. The number of alkyl halides is 3. The van der Waals surface area contributed by atoms with Crippen LogP contribution in [0.1, 0.15) is 6.42 Å². The Morgan fingerprint density at radius 1 is 1.60 bits per heavy atom. The molecule has 1 atom stereocenters. The highest BCUT2D eigenvalue weighted by atomic mass is 79.9. The van der Waals surface area contributed by atoms with Gasteiger partial charge in [0, 0.05) is 10.1 Å². The van der Waals surface area contributed by atoms with Gasteiger partial charge in [0.15, 0.2) is 0 Å². The number of ether oxygens (including phenoxy) is 1. The van der Waals surface area contributed by atoms with Crippen LogP contribution in [0.2, 0.25) is 0 Å². The van der Waals surface area contributed by atoms with Crippen LogP contribution in [0.15, 0.2) is 22.2 Å². The number of hydrogen-bond acceptors (Lipinski definition) is 2. The van der Waals surface area contributed by atoms with Crippen molar-refractivity contribution >= 4 is 21.9 Å². The summed E-state index contributed by atoms with van der Waals surface area (Å²) >= 11 is 2.95. The molecule has 15 heavy (non-hydrogen) atoms. The van der Waals surface area contributed by atoms with E-state index in [-0.39, 0.29) is 6.42 Å². The summed E-state index contributed by atoms with van der Waals surface area (Å²) in [4.78, 5) is 11.1. The Labute approximate surface area is 92.9 Å². The molecular weight excluding hydrogens is 277 g/mol. The van der Waals surface area contributed by atoms with E-state index in [1.165, 1.54) is 6.08 Å².